The lowest BCUT2D eigenvalue weighted by molar-refractivity contribution is -0.141. The number of methoxy groups -OCH3 is 1. The highest BCUT2D eigenvalue weighted by molar-refractivity contribution is 6.07. The lowest BCUT2D eigenvalue weighted by Crippen LogP contribution is -2.30. The molecule has 1 heterocycles. The van der Waals surface area contributed by atoms with Crippen molar-refractivity contribution >= 4 is 18.0 Å². The van der Waals surface area contributed by atoms with Crippen LogP contribution in [0.3, 0.4) is 0 Å². The molecular weight excluding hydrogens is 404 g/mol. The predicted molar refractivity (Wildman–Crippen MR) is 118 cm³/mol. The summed E-state index contributed by atoms with van der Waals surface area (Å²) in [5.41, 5.74) is 1.99. The Labute approximate surface area is 186 Å². The number of hydrazone groups is 1. The molecule has 2 aromatic rings. The normalized spacial score (nSPS) is 28.7. The summed E-state index contributed by atoms with van der Waals surface area (Å²) in [5, 5.41) is 5.37. The van der Waals surface area contributed by atoms with E-state index in [9.17, 15) is 9.59 Å². The monoisotopic (exact) mass is 428 g/mol. The van der Waals surface area contributed by atoms with Crippen LogP contribution in [0.25, 0.3) is 0 Å². The van der Waals surface area contributed by atoms with E-state index >= 15 is 0 Å². The van der Waals surface area contributed by atoms with Crippen molar-refractivity contribution in [3.8, 4) is 11.5 Å². The maximum absolute atomic E-state index is 13.0. The van der Waals surface area contributed by atoms with E-state index in [1.54, 1.807) is 19.4 Å². The highest BCUT2D eigenvalue weighted by Gasteiger charge is 2.73. The van der Waals surface area contributed by atoms with E-state index in [2.05, 4.69) is 17.3 Å². The standard InChI is InChI=1S/C26H24N2O4/c1-31-21-13-17(7-10-20(21)32-15-16-5-3-2-4-6-16)14-27-28-24(29)22-18-8-9-19(23(22)25(28)30)26(18)11-12-26/h2-10,13-14,18-19,22-23H,11-12,15H2,1H3/b27-14-/t18-,19-,22-,23-/m1/s1. The second-order valence-electron chi connectivity index (χ2n) is 9.14. The van der Waals surface area contributed by atoms with Crippen LogP contribution in [0.5, 0.6) is 11.5 Å². The molecule has 6 rings (SSSR count). The number of imide groups is 1. The van der Waals surface area contributed by atoms with Crippen molar-refractivity contribution in [2.45, 2.75) is 19.4 Å². The van der Waals surface area contributed by atoms with Gasteiger partial charge in [0, 0.05) is 0 Å². The Bertz CT molecular complexity index is 1120. The minimum absolute atomic E-state index is 0.158. The van der Waals surface area contributed by atoms with E-state index in [0.717, 1.165) is 29.0 Å². The summed E-state index contributed by atoms with van der Waals surface area (Å²) in [6, 6.07) is 15.3. The van der Waals surface area contributed by atoms with E-state index in [-0.39, 0.29) is 40.9 Å². The molecule has 2 saturated carbocycles. The predicted octanol–water partition coefficient (Wildman–Crippen LogP) is 3.81. The second-order valence-corrected chi connectivity index (χ2v) is 9.14. The smallest absolute Gasteiger partial charge is 0.254 e. The molecule has 1 aliphatic heterocycles. The summed E-state index contributed by atoms with van der Waals surface area (Å²) < 4.78 is 11.4. The van der Waals surface area contributed by atoms with Gasteiger partial charge in [-0.05, 0) is 59.4 Å². The summed E-state index contributed by atoms with van der Waals surface area (Å²) in [5.74, 6) is 0.808. The Hall–Kier alpha value is -3.41. The number of hydrogen-bond donors (Lipinski definition) is 0. The van der Waals surface area contributed by atoms with E-state index < -0.39 is 0 Å². The van der Waals surface area contributed by atoms with Crippen LogP contribution in [0.2, 0.25) is 0 Å². The molecule has 162 valence electrons. The lowest BCUT2D eigenvalue weighted by Gasteiger charge is -2.18. The zero-order chi connectivity index (χ0) is 21.9. The van der Waals surface area contributed by atoms with Gasteiger partial charge in [0.2, 0.25) is 0 Å². The molecule has 1 saturated heterocycles. The molecule has 4 atom stereocenters. The van der Waals surface area contributed by atoms with Crippen molar-refractivity contribution in [1.29, 1.82) is 0 Å². The molecule has 0 N–H and O–H groups in total. The van der Waals surface area contributed by atoms with Crippen LogP contribution in [-0.2, 0) is 16.2 Å². The lowest BCUT2D eigenvalue weighted by atomic mass is 9.85. The average Bonchev–Trinajstić information content (AvgIpc) is 3.43. The molecule has 0 unspecified atom stereocenters. The molecule has 2 amide bonds. The fraction of sp³-hybridized carbons (Fsp3) is 0.346. The molecule has 4 aliphatic rings. The maximum Gasteiger partial charge on any atom is 0.254 e. The molecule has 3 fully saturated rings. The van der Waals surface area contributed by atoms with Crippen LogP contribution < -0.4 is 9.47 Å². The fourth-order valence-corrected chi connectivity index (χ4v) is 5.92. The van der Waals surface area contributed by atoms with Gasteiger partial charge < -0.3 is 9.47 Å². The van der Waals surface area contributed by atoms with Gasteiger partial charge in [0.15, 0.2) is 11.5 Å². The number of allylic oxidation sites excluding steroid dienone is 2. The Morgan fingerprint density at radius 1 is 1.00 bits per heavy atom. The Morgan fingerprint density at radius 2 is 1.69 bits per heavy atom. The van der Waals surface area contributed by atoms with Gasteiger partial charge in [0.05, 0.1) is 25.2 Å². The number of carbonyl (C=O) groups is 2. The van der Waals surface area contributed by atoms with Crippen molar-refractivity contribution < 1.29 is 19.1 Å². The van der Waals surface area contributed by atoms with Crippen molar-refractivity contribution in [2.24, 2.45) is 34.2 Å². The Kier molecular flexibility index (Phi) is 4.25. The number of hydrogen-bond acceptors (Lipinski definition) is 5. The van der Waals surface area contributed by atoms with Gasteiger partial charge in [-0.3, -0.25) is 9.59 Å². The quantitative estimate of drug-likeness (QED) is 0.399. The van der Waals surface area contributed by atoms with Crippen LogP contribution in [0.1, 0.15) is 24.0 Å². The third-order valence-corrected chi connectivity index (χ3v) is 7.58. The highest BCUT2D eigenvalue weighted by Crippen LogP contribution is 2.73. The van der Waals surface area contributed by atoms with Gasteiger partial charge >= 0.3 is 0 Å². The van der Waals surface area contributed by atoms with Crippen molar-refractivity contribution in [3.63, 3.8) is 0 Å². The average molecular weight is 428 g/mol. The molecule has 0 aromatic heterocycles. The largest absolute Gasteiger partial charge is 0.493 e. The van der Waals surface area contributed by atoms with Gasteiger partial charge in [0.1, 0.15) is 6.61 Å². The van der Waals surface area contributed by atoms with E-state index in [1.807, 2.05) is 42.5 Å². The first-order chi connectivity index (χ1) is 15.6. The van der Waals surface area contributed by atoms with Gasteiger partial charge in [-0.25, -0.2) is 0 Å². The summed E-state index contributed by atoms with van der Waals surface area (Å²) in [6.45, 7) is 0.433. The molecule has 32 heavy (non-hydrogen) atoms. The summed E-state index contributed by atoms with van der Waals surface area (Å²) >= 11 is 0. The number of rotatable bonds is 6. The number of amides is 2. The van der Waals surface area contributed by atoms with E-state index in [1.165, 1.54) is 0 Å². The zero-order valence-corrected chi connectivity index (χ0v) is 17.8. The zero-order valence-electron chi connectivity index (χ0n) is 17.8. The molecule has 1 spiro atoms. The molecule has 2 bridgehead atoms. The summed E-state index contributed by atoms with van der Waals surface area (Å²) in [6.07, 6.45) is 8.13. The van der Waals surface area contributed by atoms with Crippen LogP contribution >= 0.6 is 0 Å². The number of fused-ring (bicyclic) bond motifs is 3. The van der Waals surface area contributed by atoms with Gasteiger partial charge in [-0.2, -0.15) is 10.1 Å². The molecule has 6 nitrogen and oxygen atoms in total. The summed E-state index contributed by atoms with van der Waals surface area (Å²) in [4.78, 5) is 26.1. The van der Waals surface area contributed by atoms with Crippen molar-refractivity contribution in [3.05, 3.63) is 71.8 Å². The third kappa shape index (κ3) is 2.75. The van der Waals surface area contributed by atoms with Crippen LogP contribution in [0, 0.1) is 29.1 Å². The van der Waals surface area contributed by atoms with E-state index in [4.69, 9.17) is 9.47 Å². The fourth-order valence-electron chi connectivity index (χ4n) is 5.92. The molecular formula is C26H24N2O4. The van der Waals surface area contributed by atoms with Crippen LogP contribution in [0.4, 0.5) is 0 Å². The van der Waals surface area contributed by atoms with Crippen LogP contribution in [0.15, 0.2) is 65.8 Å². The first-order valence-corrected chi connectivity index (χ1v) is 11.1. The Morgan fingerprint density at radius 3 is 2.31 bits per heavy atom. The number of ether oxygens (including phenoxy) is 2. The molecule has 2 aromatic carbocycles. The molecule has 6 heteroatoms. The first-order valence-electron chi connectivity index (χ1n) is 11.1. The topological polar surface area (TPSA) is 68.2 Å². The highest BCUT2D eigenvalue weighted by atomic mass is 16.5. The van der Waals surface area contributed by atoms with Crippen molar-refractivity contribution in [1.82, 2.24) is 5.01 Å². The first kappa shape index (κ1) is 19.3. The molecule has 0 radical (unpaired) electrons. The minimum atomic E-state index is -0.236. The number of nitrogens with zero attached hydrogens (tertiary/aromatic N) is 2. The third-order valence-electron chi connectivity index (χ3n) is 7.58. The molecule has 3 aliphatic carbocycles. The second kappa shape index (κ2) is 7.05. The SMILES string of the molecule is COc1cc(/C=N\N2C(=O)[C@H]3[C@H](C2=O)[C@H]2C=C[C@H]3C23CC3)ccc1OCc1ccccc1. The summed E-state index contributed by atoms with van der Waals surface area (Å²) in [7, 11) is 1.58. The van der Waals surface area contributed by atoms with Crippen molar-refractivity contribution in [2.75, 3.05) is 7.11 Å². The Balaban J connectivity index is 1.18. The van der Waals surface area contributed by atoms with Gasteiger partial charge in [0.25, 0.3) is 11.8 Å². The number of benzene rings is 2. The maximum atomic E-state index is 13.0. The van der Waals surface area contributed by atoms with E-state index in [0.29, 0.717) is 18.1 Å². The van der Waals surface area contributed by atoms with Crippen LogP contribution in [-0.4, -0.2) is 30.1 Å². The number of carbonyl (C=O) groups excluding carboxylic acids is 2. The minimum Gasteiger partial charge on any atom is -0.493 e. The van der Waals surface area contributed by atoms with Gasteiger partial charge in [-0.15, -0.1) is 0 Å². The van der Waals surface area contributed by atoms with Gasteiger partial charge in [-0.1, -0.05) is 42.5 Å².